The van der Waals surface area contributed by atoms with Crippen LogP contribution in [0.5, 0.6) is 5.75 Å². The van der Waals surface area contributed by atoms with Gasteiger partial charge in [-0.15, -0.1) is 0 Å². The van der Waals surface area contributed by atoms with Crippen molar-refractivity contribution in [2.75, 3.05) is 0 Å². The van der Waals surface area contributed by atoms with Crippen molar-refractivity contribution < 1.29 is 14.7 Å². The zero-order valence-electron chi connectivity index (χ0n) is 14.2. The smallest absolute Gasteiger partial charge is 0.275 e. The Morgan fingerprint density at radius 3 is 2.52 bits per heavy atom. The van der Waals surface area contributed by atoms with Gasteiger partial charge in [0.2, 0.25) is 5.91 Å². The van der Waals surface area contributed by atoms with E-state index in [0.717, 1.165) is 5.56 Å². The van der Waals surface area contributed by atoms with Crippen molar-refractivity contribution >= 4 is 17.5 Å². The predicted octanol–water partition coefficient (Wildman–Crippen LogP) is 2.51. The first-order chi connectivity index (χ1) is 12.0. The number of carbonyl (C=O) groups excluding carboxylic acids is 2. The molecule has 0 heterocycles. The Morgan fingerprint density at radius 2 is 1.80 bits per heavy atom. The lowest BCUT2D eigenvalue weighted by atomic mass is 10.1. The molecule has 0 radical (unpaired) electrons. The third-order valence-electron chi connectivity index (χ3n) is 3.58. The van der Waals surface area contributed by atoms with Crippen LogP contribution in [-0.2, 0) is 11.3 Å². The number of hydrazone groups is 1. The van der Waals surface area contributed by atoms with Gasteiger partial charge in [0, 0.05) is 12.3 Å². The van der Waals surface area contributed by atoms with Crippen LogP contribution in [0.3, 0.4) is 0 Å². The molecule has 25 heavy (non-hydrogen) atoms. The molecule has 0 spiro atoms. The van der Waals surface area contributed by atoms with E-state index in [1.807, 2.05) is 30.3 Å². The summed E-state index contributed by atoms with van der Waals surface area (Å²) in [5, 5.41) is 16.6. The van der Waals surface area contributed by atoms with Gasteiger partial charge in [0.15, 0.2) is 0 Å². The standard InChI is InChI=1S/C19H21N3O3/c1-13-7-6-10-16(18(13)24)19(25)22-21-14(2)11-17(23)20-12-15-8-4-3-5-9-15/h3-10,24H,11-12H2,1-2H3,(H,20,23)(H,22,25)/b21-14+. The Labute approximate surface area is 146 Å². The highest BCUT2D eigenvalue weighted by molar-refractivity contribution is 6.01. The van der Waals surface area contributed by atoms with Gasteiger partial charge in [-0.1, -0.05) is 42.5 Å². The SMILES string of the molecule is C/C(CC(=O)NCc1ccccc1)=N\NC(=O)c1cccc(C)c1O. The highest BCUT2D eigenvalue weighted by atomic mass is 16.3. The molecule has 130 valence electrons. The summed E-state index contributed by atoms with van der Waals surface area (Å²) in [7, 11) is 0. The molecule has 0 aromatic heterocycles. The zero-order chi connectivity index (χ0) is 18.2. The predicted molar refractivity (Wildman–Crippen MR) is 96.3 cm³/mol. The summed E-state index contributed by atoms with van der Waals surface area (Å²) in [6.45, 7) is 3.80. The average molecular weight is 339 g/mol. The molecule has 3 N–H and O–H groups in total. The fourth-order valence-corrected chi connectivity index (χ4v) is 2.18. The number of nitrogens with zero attached hydrogens (tertiary/aromatic N) is 1. The summed E-state index contributed by atoms with van der Waals surface area (Å²) < 4.78 is 0. The van der Waals surface area contributed by atoms with Crippen LogP contribution in [0.15, 0.2) is 53.6 Å². The summed E-state index contributed by atoms with van der Waals surface area (Å²) in [5.74, 6) is -0.781. The molecule has 0 aliphatic rings. The third-order valence-corrected chi connectivity index (χ3v) is 3.58. The molecule has 0 fully saturated rings. The number of benzene rings is 2. The van der Waals surface area contributed by atoms with E-state index in [2.05, 4.69) is 15.8 Å². The van der Waals surface area contributed by atoms with Gasteiger partial charge in [-0.25, -0.2) is 5.43 Å². The van der Waals surface area contributed by atoms with Gasteiger partial charge in [-0.2, -0.15) is 5.10 Å². The molecular formula is C19H21N3O3. The zero-order valence-corrected chi connectivity index (χ0v) is 14.2. The number of phenols is 1. The molecule has 0 saturated carbocycles. The van der Waals surface area contributed by atoms with E-state index in [-0.39, 0.29) is 23.6 Å². The molecule has 0 unspecified atom stereocenters. The lowest BCUT2D eigenvalue weighted by Gasteiger charge is -2.07. The number of nitrogens with one attached hydrogen (secondary N) is 2. The van der Waals surface area contributed by atoms with E-state index in [1.165, 1.54) is 6.07 Å². The maximum absolute atomic E-state index is 12.0. The lowest BCUT2D eigenvalue weighted by molar-refractivity contribution is -0.120. The highest BCUT2D eigenvalue weighted by Gasteiger charge is 2.12. The number of carbonyl (C=O) groups is 2. The molecule has 2 amide bonds. The van der Waals surface area contributed by atoms with E-state index < -0.39 is 5.91 Å². The van der Waals surface area contributed by atoms with E-state index in [4.69, 9.17) is 0 Å². The minimum absolute atomic E-state index is 0.0755. The van der Waals surface area contributed by atoms with Gasteiger partial charge >= 0.3 is 0 Å². The number of phenolic OH excluding ortho intramolecular Hbond substituents is 1. The van der Waals surface area contributed by atoms with Gasteiger partial charge in [0.1, 0.15) is 5.75 Å². The Morgan fingerprint density at radius 1 is 1.08 bits per heavy atom. The van der Waals surface area contributed by atoms with Crippen LogP contribution in [0, 0.1) is 6.92 Å². The van der Waals surface area contributed by atoms with E-state index in [1.54, 1.807) is 26.0 Å². The van der Waals surface area contributed by atoms with Gasteiger partial charge in [0.25, 0.3) is 5.91 Å². The number of rotatable bonds is 6. The number of hydrogen-bond donors (Lipinski definition) is 3. The summed E-state index contributed by atoms with van der Waals surface area (Å²) in [4.78, 5) is 23.9. The maximum atomic E-state index is 12.0. The van der Waals surface area contributed by atoms with Gasteiger partial charge < -0.3 is 10.4 Å². The first-order valence-electron chi connectivity index (χ1n) is 7.90. The van der Waals surface area contributed by atoms with Crippen molar-refractivity contribution in [1.29, 1.82) is 0 Å². The molecule has 2 aromatic rings. The Hall–Kier alpha value is -3.15. The number of aryl methyl sites for hydroxylation is 1. The monoisotopic (exact) mass is 339 g/mol. The average Bonchev–Trinajstić information content (AvgIpc) is 2.61. The van der Waals surface area contributed by atoms with Gasteiger partial charge in [0.05, 0.1) is 12.0 Å². The van der Waals surface area contributed by atoms with Crippen LogP contribution in [0.4, 0.5) is 0 Å². The first kappa shape index (κ1) is 18.2. The number of amides is 2. The van der Waals surface area contributed by atoms with Gasteiger partial charge in [-0.3, -0.25) is 9.59 Å². The van der Waals surface area contributed by atoms with E-state index in [0.29, 0.717) is 17.8 Å². The van der Waals surface area contributed by atoms with Crippen LogP contribution < -0.4 is 10.7 Å². The second-order valence-corrected chi connectivity index (χ2v) is 5.70. The quantitative estimate of drug-likeness (QED) is 0.558. The van der Waals surface area contributed by atoms with Crippen molar-refractivity contribution in [3.8, 4) is 5.75 Å². The summed E-state index contributed by atoms with van der Waals surface area (Å²) in [5.41, 5.74) is 4.58. The van der Waals surface area contributed by atoms with E-state index >= 15 is 0 Å². The summed E-state index contributed by atoms with van der Waals surface area (Å²) in [6, 6.07) is 14.5. The lowest BCUT2D eigenvalue weighted by Crippen LogP contribution is -2.26. The number of aromatic hydroxyl groups is 1. The van der Waals surface area contributed by atoms with Crippen LogP contribution in [-0.4, -0.2) is 22.6 Å². The minimum atomic E-state index is -0.523. The number of hydrogen-bond acceptors (Lipinski definition) is 4. The minimum Gasteiger partial charge on any atom is -0.507 e. The van der Waals surface area contributed by atoms with Crippen LogP contribution in [0.25, 0.3) is 0 Å². The molecule has 0 saturated heterocycles. The van der Waals surface area contributed by atoms with Crippen molar-refractivity contribution in [3.63, 3.8) is 0 Å². The molecule has 2 rings (SSSR count). The van der Waals surface area contributed by atoms with Crippen LogP contribution in [0.2, 0.25) is 0 Å². The molecule has 2 aromatic carbocycles. The van der Waals surface area contributed by atoms with Crippen molar-refractivity contribution in [2.24, 2.45) is 5.10 Å². The third kappa shape index (κ3) is 5.46. The van der Waals surface area contributed by atoms with Crippen LogP contribution in [0.1, 0.15) is 34.8 Å². The molecule has 0 aliphatic carbocycles. The van der Waals surface area contributed by atoms with Crippen molar-refractivity contribution in [2.45, 2.75) is 26.8 Å². The molecule has 0 atom stereocenters. The van der Waals surface area contributed by atoms with Crippen molar-refractivity contribution in [1.82, 2.24) is 10.7 Å². The first-order valence-corrected chi connectivity index (χ1v) is 7.90. The van der Waals surface area contributed by atoms with Gasteiger partial charge in [-0.05, 0) is 31.0 Å². The second kappa shape index (κ2) is 8.63. The van der Waals surface area contributed by atoms with Crippen LogP contribution >= 0.6 is 0 Å². The largest absolute Gasteiger partial charge is 0.507 e. The summed E-state index contributed by atoms with van der Waals surface area (Å²) in [6.07, 6.45) is 0.0763. The summed E-state index contributed by atoms with van der Waals surface area (Å²) >= 11 is 0. The number of para-hydroxylation sites is 1. The molecule has 6 nitrogen and oxygen atoms in total. The fraction of sp³-hybridized carbons (Fsp3) is 0.211. The molecule has 0 aliphatic heterocycles. The normalized spacial score (nSPS) is 11.0. The van der Waals surface area contributed by atoms with Crippen molar-refractivity contribution in [3.05, 3.63) is 65.2 Å². The Balaban J connectivity index is 1.85. The second-order valence-electron chi connectivity index (χ2n) is 5.70. The maximum Gasteiger partial charge on any atom is 0.275 e. The Bertz CT molecular complexity index is 786. The molecule has 6 heteroatoms. The van der Waals surface area contributed by atoms with E-state index in [9.17, 15) is 14.7 Å². The highest BCUT2D eigenvalue weighted by Crippen LogP contribution is 2.20. The topological polar surface area (TPSA) is 90.8 Å². The molecular weight excluding hydrogens is 318 g/mol. The fourth-order valence-electron chi connectivity index (χ4n) is 2.18. The molecule has 0 bridgehead atoms. The Kier molecular flexibility index (Phi) is 6.28.